The number of aromatic hydroxyl groups is 1. The smallest absolute Gasteiger partial charge is 0.490 e. The van der Waals surface area contributed by atoms with Crippen molar-refractivity contribution in [2.75, 3.05) is 13.1 Å². The van der Waals surface area contributed by atoms with Gasteiger partial charge in [0.2, 0.25) is 5.91 Å². The second kappa shape index (κ2) is 9.02. The van der Waals surface area contributed by atoms with Crippen LogP contribution in [0.2, 0.25) is 0 Å². The number of hydrogen-bond acceptors (Lipinski definition) is 5. The van der Waals surface area contributed by atoms with Gasteiger partial charge in [-0.3, -0.25) is 14.6 Å². The number of halogens is 3. The predicted octanol–water partition coefficient (Wildman–Crippen LogP) is 1.29. The van der Waals surface area contributed by atoms with E-state index < -0.39 is 18.1 Å². The second-order valence-electron chi connectivity index (χ2n) is 5.64. The van der Waals surface area contributed by atoms with Crippen molar-refractivity contribution in [1.82, 2.24) is 9.88 Å². The third-order valence-electron chi connectivity index (χ3n) is 3.23. The summed E-state index contributed by atoms with van der Waals surface area (Å²) in [6, 6.07) is 1.46. The molecule has 1 aromatic rings. The molecule has 1 fully saturated rings. The van der Waals surface area contributed by atoms with Gasteiger partial charge in [0, 0.05) is 12.7 Å². The molecule has 3 N–H and O–H groups in total. The van der Waals surface area contributed by atoms with Crippen molar-refractivity contribution in [1.29, 1.82) is 0 Å². The first-order valence-corrected chi connectivity index (χ1v) is 7.41. The molecule has 1 amide bonds. The molecular weight excluding hydrogens is 361 g/mol. The van der Waals surface area contributed by atoms with E-state index in [0.29, 0.717) is 18.0 Å². The van der Waals surface area contributed by atoms with Crippen molar-refractivity contribution in [3.8, 4) is 5.75 Å². The summed E-state index contributed by atoms with van der Waals surface area (Å²) in [7, 11) is 0. The number of carboxylic acid groups (broad SMARTS) is 2. The van der Waals surface area contributed by atoms with E-state index in [2.05, 4.69) is 4.98 Å². The molecule has 2 rings (SSSR count). The summed E-state index contributed by atoms with van der Waals surface area (Å²) in [4.78, 5) is 36.9. The lowest BCUT2D eigenvalue weighted by Crippen LogP contribution is -2.38. The Morgan fingerprint density at radius 3 is 2.19 bits per heavy atom. The van der Waals surface area contributed by atoms with Gasteiger partial charge in [0.25, 0.3) is 0 Å². The average Bonchev–Trinajstić information content (AvgIpc) is 3.29. The Kier molecular flexibility index (Phi) is 7.35. The van der Waals surface area contributed by atoms with E-state index in [1.165, 1.54) is 23.4 Å². The van der Waals surface area contributed by atoms with Crippen LogP contribution in [0, 0.1) is 5.92 Å². The van der Waals surface area contributed by atoms with Crippen LogP contribution in [0.5, 0.6) is 5.75 Å². The van der Waals surface area contributed by atoms with Crippen LogP contribution in [-0.4, -0.2) is 62.3 Å². The summed E-state index contributed by atoms with van der Waals surface area (Å²) in [5, 5.41) is 25.2. The Morgan fingerprint density at radius 1 is 1.19 bits per heavy atom. The lowest BCUT2D eigenvalue weighted by molar-refractivity contribution is -0.192. The Hall–Kier alpha value is -2.85. The second-order valence-corrected chi connectivity index (χ2v) is 5.64. The molecule has 8 nitrogen and oxygen atoms in total. The van der Waals surface area contributed by atoms with Crippen molar-refractivity contribution in [2.45, 2.75) is 25.4 Å². The zero-order valence-electron chi connectivity index (χ0n) is 13.4. The molecule has 0 aliphatic heterocycles. The number of pyridine rings is 1. The largest absolute Gasteiger partial charge is 0.506 e. The van der Waals surface area contributed by atoms with Gasteiger partial charge in [0.05, 0.1) is 12.6 Å². The molecule has 11 heteroatoms. The fourth-order valence-electron chi connectivity index (χ4n) is 1.89. The molecule has 0 saturated heterocycles. The summed E-state index contributed by atoms with van der Waals surface area (Å²) in [6.45, 7) is 0.221. The van der Waals surface area contributed by atoms with Gasteiger partial charge in [-0.25, -0.2) is 4.79 Å². The Bertz CT molecular complexity index is 661. The van der Waals surface area contributed by atoms with E-state index >= 15 is 0 Å². The van der Waals surface area contributed by atoms with Gasteiger partial charge in [-0.05, 0) is 30.4 Å². The molecule has 0 bridgehead atoms. The van der Waals surface area contributed by atoms with E-state index in [1.807, 2.05) is 0 Å². The predicted molar refractivity (Wildman–Crippen MR) is 80.2 cm³/mol. The number of alkyl halides is 3. The quantitative estimate of drug-likeness (QED) is 0.680. The maximum atomic E-state index is 12.1. The highest BCUT2D eigenvalue weighted by Crippen LogP contribution is 2.29. The number of amides is 1. The number of nitrogens with zero attached hydrogens (tertiary/aromatic N) is 2. The van der Waals surface area contributed by atoms with Gasteiger partial charge in [-0.1, -0.05) is 0 Å². The van der Waals surface area contributed by atoms with Crippen LogP contribution in [0.3, 0.4) is 0 Å². The summed E-state index contributed by atoms with van der Waals surface area (Å²) in [5.74, 6) is -3.58. The average molecular weight is 378 g/mol. The molecule has 1 aliphatic carbocycles. The molecule has 0 aromatic carbocycles. The molecule has 1 aromatic heterocycles. The fourth-order valence-corrected chi connectivity index (χ4v) is 1.89. The number of aromatic nitrogens is 1. The highest BCUT2D eigenvalue weighted by molar-refractivity contribution is 5.83. The number of hydrogen-bond donors (Lipinski definition) is 3. The minimum Gasteiger partial charge on any atom is -0.506 e. The molecule has 0 unspecified atom stereocenters. The number of carbonyl (C=O) groups excluding carboxylic acids is 1. The van der Waals surface area contributed by atoms with E-state index in [1.54, 1.807) is 0 Å². The lowest BCUT2D eigenvalue weighted by atomic mass is 10.2. The molecule has 144 valence electrons. The molecule has 1 aliphatic rings. The Morgan fingerprint density at radius 2 is 1.77 bits per heavy atom. The molecule has 26 heavy (non-hydrogen) atoms. The van der Waals surface area contributed by atoms with Crippen molar-refractivity contribution in [2.24, 2.45) is 5.92 Å². The summed E-state index contributed by atoms with van der Waals surface area (Å²) in [6.07, 6.45) is -0.142. The lowest BCUT2D eigenvalue weighted by Gasteiger charge is -2.20. The van der Waals surface area contributed by atoms with E-state index in [-0.39, 0.29) is 24.6 Å². The van der Waals surface area contributed by atoms with Crippen molar-refractivity contribution < 1.29 is 42.9 Å². The monoisotopic (exact) mass is 378 g/mol. The zero-order valence-corrected chi connectivity index (χ0v) is 13.4. The number of carboxylic acids is 2. The third kappa shape index (κ3) is 8.31. The maximum absolute atomic E-state index is 12.1. The minimum absolute atomic E-state index is 0.00252. The first-order valence-electron chi connectivity index (χ1n) is 7.41. The molecular formula is C15H17F3N2O6. The molecule has 0 spiro atoms. The van der Waals surface area contributed by atoms with Crippen molar-refractivity contribution in [3.05, 3.63) is 24.0 Å². The van der Waals surface area contributed by atoms with Crippen LogP contribution < -0.4 is 0 Å². The molecule has 0 atom stereocenters. The zero-order chi connectivity index (χ0) is 19.9. The van der Waals surface area contributed by atoms with E-state index in [4.69, 9.17) is 15.0 Å². The van der Waals surface area contributed by atoms with Crippen LogP contribution >= 0.6 is 0 Å². The first-order chi connectivity index (χ1) is 12.0. The Labute approximate surface area is 145 Å². The Balaban J connectivity index is 0.000000412. The van der Waals surface area contributed by atoms with Crippen LogP contribution in [0.1, 0.15) is 18.4 Å². The molecule has 1 heterocycles. The summed E-state index contributed by atoms with van der Waals surface area (Å²) < 4.78 is 31.7. The van der Waals surface area contributed by atoms with E-state index in [0.717, 1.165) is 12.8 Å². The standard InChI is InChI=1S/C13H16N2O4.C2HF3O2/c16-11-3-10(5-14-6-11)4-12(17)15(8-13(18)19)7-9-1-2-9;3-2(4,5)1(6)7/h3,5-6,9,16H,1-2,4,7-8H2,(H,18,19);(H,6,7). The van der Waals surface area contributed by atoms with Crippen LogP contribution in [0.15, 0.2) is 18.5 Å². The first kappa shape index (κ1) is 21.2. The highest BCUT2D eigenvalue weighted by atomic mass is 19.4. The van der Waals surface area contributed by atoms with Gasteiger partial charge < -0.3 is 20.2 Å². The van der Waals surface area contributed by atoms with Crippen molar-refractivity contribution in [3.63, 3.8) is 0 Å². The topological polar surface area (TPSA) is 128 Å². The normalized spacial score (nSPS) is 13.3. The van der Waals surface area contributed by atoms with Gasteiger partial charge in [0.1, 0.15) is 12.3 Å². The third-order valence-corrected chi connectivity index (χ3v) is 3.23. The molecule has 1 saturated carbocycles. The maximum Gasteiger partial charge on any atom is 0.490 e. The minimum atomic E-state index is -5.08. The fraction of sp³-hybridized carbons (Fsp3) is 0.467. The highest BCUT2D eigenvalue weighted by Gasteiger charge is 2.38. The molecule has 0 radical (unpaired) electrons. The van der Waals surface area contributed by atoms with Crippen molar-refractivity contribution >= 4 is 17.8 Å². The van der Waals surface area contributed by atoms with Crippen LogP contribution in [-0.2, 0) is 20.8 Å². The number of aliphatic carboxylic acids is 2. The van der Waals surface area contributed by atoms with Crippen LogP contribution in [0.25, 0.3) is 0 Å². The van der Waals surface area contributed by atoms with Gasteiger partial charge in [0.15, 0.2) is 0 Å². The number of rotatable bonds is 6. The number of carbonyl (C=O) groups is 3. The van der Waals surface area contributed by atoms with Crippen LogP contribution in [0.4, 0.5) is 13.2 Å². The van der Waals surface area contributed by atoms with Gasteiger partial charge in [-0.2, -0.15) is 13.2 Å². The van der Waals surface area contributed by atoms with Gasteiger partial charge >= 0.3 is 18.1 Å². The summed E-state index contributed by atoms with van der Waals surface area (Å²) >= 11 is 0. The SMILES string of the molecule is O=C(O)C(F)(F)F.O=C(O)CN(CC1CC1)C(=O)Cc1cncc(O)c1. The van der Waals surface area contributed by atoms with Gasteiger partial charge in [-0.15, -0.1) is 0 Å². The van der Waals surface area contributed by atoms with E-state index in [9.17, 15) is 27.9 Å². The summed E-state index contributed by atoms with van der Waals surface area (Å²) in [5.41, 5.74) is 0.580.